The summed E-state index contributed by atoms with van der Waals surface area (Å²) in [6, 6.07) is 14.1. The Morgan fingerprint density at radius 2 is 2.05 bits per heavy atom. The molecule has 2 aromatic carbocycles. The van der Waals surface area contributed by atoms with Crippen LogP contribution >= 0.6 is 0 Å². The highest BCUT2D eigenvalue weighted by Crippen LogP contribution is 2.30. The van der Waals surface area contributed by atoms with E-state index in [2.05, 4.69) is 23.5 Å². The van der Waals surface area contributed by atoms with E-state index in [1.54, 1.807) is 7.11 Å². The van der Waals surface area contributed by atoms with Gasteiger partial charge in [0, 0.05) is 0 Å². The number of fused-ring (bicyclic) bond motifs is 1. The molecule has 2 aromatic rings. The summed E-state index contributed by atoms with van der Waals surface area (Å²) >= 11 is 0. The minimum absolute atomic E-state index is 0.0674. The number of carbonyl (C=O) groups is 1. The molecule has 0 saturated carbocycles. The summed E-state index contributed by atoms with van der Waals surface area (Å²) in [6.07, 6.45) is 3.18. The van der Waals surface area contributed by atoms with Gasteiger partial charge in [-0.25, -0.2) is 0 Å². The molecule has 3 nitrogen and oxygen atoms in total. The van der Waals surface area contributed by atoms with Crippen molar-refractivity contribution in [3.05, 3.63) is 64.7 Å². The zero-order valence-electron chi connectivity index (χ0n) is 13.1. The van der Waals surface area contributed by atoms with Crippen LogP contribution in [0.3, 0.4) is 0 Å². The van der Waals surface area contributed by atoms with Crippen LogP contribution in [-0.4, -0.2) is 13.0 Å². The van der Waals surface area contributed by atoms with Crippen LogP contribution in [0.25, 0.3) is 0 Å². The van der Waals surface area contributed by atoms with E-state index in [1.165, 1.54) is 11.1 Å². The molecule has 0 aliphatic heterocycles. The molecule has 1 aliphatic carbocycles. The van der Waals surface area contributed by atoms with Crippen molar-refractivity contribution < 1.29 is 9.53 Å². The monoisotopic (exact) mass is 295 g/mol. The Kier molecular flexibility index (Phi) is 4.14. The number of amides is 1. The largest absolute Gasteiger partial charge is 0.496 e. The van der Waals surface area contributed by atoms with E-state index < -0.39 is 0 Å². The molecule has 0 spiro atoms. The van der Waals surface area contributed by atoms with Crippen molar-refractivity contribution in [2.24, 2.45) is 0 Å². The Morgan fingerprint density at radius 3 is 2.86 bits per heavy atom. The summed E-state index contributed by atoms with van der Waals surface area (Å²) in [5.41, 5.74) is 4.24. The summed E-state index contributed by atoms with van der Waals surface area (Å²) in [5.74, 6) is 0.550. The lowest BCUT2D eigenvalue weighted by Gasteiger charge is -2.26. The molecule has 0 saturated heterocycles. The first-order chi connectivity index (χ1) is 10.7. The van der Waals surface area contributed by atoms with E-state index >= 15 is 0 Å². The van der Waals surface area contributed by atoms with E-state index in [-0.39, 0.29) is 11.9 Å². The quantitative estimate of drug-likeness (QED) is 0.935. The fourth-order valence-electron chi connectivity index (χ4n) is 3.14. The summed E-state index contributed by atoms with van der Waals surface area (Å²) in [4.78, 5) is 12.7. The average Bonchev–Trinajstić information content (AvgIpc) is 2.55. The minimum Gasteiger partial charge on any atom is -0.496 e. The van der Waals surface area contributed by atoms with Crippen LogP contribution in [0.5, 0.6) is 5.75 Å². The number of hydrogen-bond donors (Lipinski definition) is 1. The molecule has 3 heteroatoms. The number of rotatable bonds is 3. The van der Waals surface area contributed by atoms with Gasteiger partial charge in [0.15, 0.2) is 0 Å². The van der Waals surface area contributed by atoms with Crippen LogP contribution in [0.4, 0.5) is 0 Å². The van der Waals surface area contributed by atoms with Gasteiger partial charge >= 0.3 is 0 Å². The Bertz CT molecular complexity index is 694. The standard InChI is InChI=1S/C19H21NO2/c1-13-10-11-18(22-2)16(12-13)19(21)20-17-9-5-7-14-6-3-4-8-15(14)17/h3-4,6,8,10-12,17H,5,7,9H2,1-2H3,(H,20,21)/t17-/m1/s1. The van der Waals surface area contributed by atoms with E-state index in [0.29, 0.717) is 11.3 Å². The van der Waals surface area contributed by atoms with Crippen LogP contribution in [0, 0.1) is 6.92 Å². The normalized spacial score (nSPS) is 16.7. The molecule has 114 valence electrons. The maximum Gasteiger partial charge on any atom is 0.255 e. The molecule has 0 aromatic heterocycles. The lowest BCUT2D eigenvalue weighted by Crippen LogP contribution is -2.31. The predicted molar refractivity (Wildman–Crippen MR) is 87.3 cm³/mol. The molecule has 1 amide bonds. The molecule has 0 unspecified atom stereocenters. The third kappa shape index (κ3) is 2.84. The van der Waals surface area contributed by atoms with Gasteiger partial charge in [-0.15, -0.1) is 0 Å². The van der Waals surface area contributed by atoms with Crippen LogP contribution in [0.15, 0.2) is 42.5 Å². The fraction of sp³-hybridized carbons (Fsp3) is 0.316. The van der Waals surface area contributed by atoms with Crippen molar-refractivity contribution >= 4 is 5.91 Å². The summed E-state index contributed by atoms with van der Waals surface area (Å²) in [6.45, 7) is 1.98. The fourth-order valence-corrected chi connectivity index (χ4v) is 3.14. The lowest BCUT2D eigenvalue weighted by atomic mass is 9.87. The van der Waals surface area contributed by atoms with Gasteiger partial charge in [0.2, 0.25) is 0 Å². The number of carbonyl (C=O) groups excluding carboxylic acids is 1. The Labute approximate surface area is 131 Å². The molecular formula is C19H21NO2. The molecule has 0 heterocycles. The maximum atomic E-state index is 12.7. The second kappa shape index (κ2) is 6.22. The van der Waals surface area contributed by atoms with E-state index in [4.69, 9.17) is 4.74 Å². The first kappa shape index (κ1) is 14.6. The van der Waals surface area contributed by atoms with Crippen LogP contribution in [-0.2, 0) is 6.42 Å². The third-order valence-corrected chi connectivity index (χ3v) is 4.27. The number of nitrogens with one attached hydrogen (secondary N) is 1. The third-order valence-electron chi connectivity index (χ3n) is 4.27. The molecular weight excluding hydrogens is 274 g/mol. The number of aryl methyl sites for hydroxylation is 2. The van der Waals surface area contributed by atoms with Crippen molar-refractivity contribution in [2.45, 2.75) is 32.2 Å². The van der Waals surface area contributed by atoms with E-state index in [0.717, 1.165) is 24.8 Å². The van der Waals surface area contributed by atoms with Crippen molar-refractivity contribution in [1.29, 1.82) is 0 Å². The predicted octanol–water partition coefficient (Wildman–Crippen LogP) is 3.81. The Hall–Kier alpha value is -2.29. The highest BCUT2D eigenvalue weighted by molar-refractivity contribution is 5.97. The highest BCUT2D eigenvalue weighted by Gasteiger charge is 2.23. The Balaban J connectivity index is 1.85. The van der Waals surface area contributed by atoms with E-state index in [1.807, 2.05) is 31.2 Å². The zero-order chi connectivity index (χ0) is 15.5. The molecule has 1 atom stereocenters. The second-order valence-electron chi connectivity index (χ2n) is 5.82. The molecule has 22 heavy (non-hydrogen) atoms. The van der Waals surface area contributed by atoms with Crippen LogP contribution in [0.2, 0.25) is 0 Å². The molecule has 1 aliphatic rings. The van der Waals surface area contributed by atoms with Gasteiger partial charge in [-0.1, -0.05) is 35.9 Å². The van der Waals surface area contributed by atoms with Gasteiger partial charge in [-0.05, 0) is 49.4 Å². The average molecular weight is 295 g/mol. The van der Waals surface area contributed by atoms with Gasteiger partial charge in [0.25, 0.3) is 5.91 Å². The number of ether oxygens (including phenoxy) is 1. The molecule has 0 fully saturated rings. The van der Waals surface area contributed by atoms with Crippen molar-refractivity contribution in [3.63, 3.8) is 0 Å². The minimum atomic E-state index is -0.0674. The van der Waals surface area contributed by atoms with Gasteiger partial charge in [-0.2, -0.15) is 0 Å². The van der Waals surface area contributed by atoms with Crippen molar-refractivity contribution in [1.82, 2.24) is 5.32 Å². The lowest BCUT2D eigenvalue weighted by molar-refractivity contribution is 0.0929. The number of hydrogen-bond acceptors (Lipinski definition) is 2. The van der Waals surface area contributed by atoms with Crippen molar-refractivity contribution in [2.75, 3.05) is 7.11 Å². The number of benzene rings is 2. The summed E-state index contributed by atoms with van der Waals surface area (Å²) in [5, 5.41) is 3.17. The zero-order valence-corrected chi connectivity index (χ0v) is 13.1. The molecule has 0 bridgehead atoms. The van der Waals surface area contributed by atoms with Gasteiger partial charge in [0.1, 0.15) is 5.75 Å². The summed E-state index contributed by atoms with van der Waals surface area (Å²) in [7, 11) is 1.59. The molecule has 1 N–H and O–H groups in total. The van der Waals surface area contributed by atoms with Crippen LogP contribution < -0.4 is 10.1 Å². The van der Waals surface area contributed by atoms with Gasteiger partial charge < -0.3 is 10.1 Å². The smallest absolute Gasteiger partial charge is 0.255 e. The number of methoxy groups -OCH3 is 1. The maximum absolute atomic E-state index is 12.7. The van der Waals surface area contributed by atoms with Crippen LogP contribution in [0.1, 0.15) is 45.9 Å². The van der Waals surface area contributed by atoms with Crippen molar-refractivity contribution in [3.8, 4) is 5.75 Å². The SMILES string of the molecule is COc1ccc(C)cc1C(=O)N[C@@H]1CCCc2ccccc21. The molecule has 3 rings (SSSR count). The first-order valence-corrected chi connectivity index (χ1v) is 7.72. The summed E-state index contributed by atoms with van der Waals surface area (Å²) < 4.78 is 5.32. The highest BCUT2D eigenvalue weighted by atomic mass is 16.5. The first-order valence-electron chi connectivity index (χ1n) is 7.72. The second-order valence-corrected chi connectivity index (χ2v) is 5.82. The van der Waals surface area contributed by atoms with Gasteiger partial charge in [0.05, 0.1) is 18.7 Å². The molecule has 0 radical (unpaired) electrons. The topological polar surface area (TPSA) is 38.3 Å². The van der Waals surface area contributed by atoms with Gasteiger partial charge in [-0.3, -0.25) is 4.79 Å². The van der Waals surface area contributed by atoms with E-state index in [9.17, 15) is 4.79 Å². The Morgan fingerprint density at radius 1 is 1.23 bits per heavy atom.